The summed E-state index contributed by atoms with van der Waals surface area (Å²) in [6.45, 7) is 3.26. The Labute approximate surface area is 158 Å². The Balaban J connectivity index is 1.69. The minimum atomic E-state index is -0.653. The molecule has 2 aromatic heterocycles. The molecule has 10 heteroatoms. The Hall–Kier alpha value is -3.33. The van der Waals surface area contributed by atoms with Gasteiger partial charge in [0.15, 0.2) is 6.61 Å². The third-order valence-corrected chi connectivity index (χ3v) is 3.90. The highest BCUT2D eigenvalue weighted by Gasteiger charge is 2.18. The smallest absolute Gasteiger partial charge is 0.342 e. The lowest BCUT2D eigenvalue weighted by Crippen LogP contribution is -2.09. The predicted molar refractivity (Wildman–Crippen MR) is 94.2 cm³/mol. The molecule has 3 aromatic rings. The molecular weight excluding hydrogens is 376 g/mol. The normalized spacial score (nSPS) is 10.6. The van der Waals surface area contributed by atoms with Crippen LogP contribution in [0.15, 0.2) is 34.7 Å². The minimum absolute atomic E-state index is 0.0497. The number of aromatic nitrogens is 3. The molecule has 0 fully saturated rings. The molecule has 0 spiro atoms. The zero-order chi connectivity index (χ0) is 19.6. The molecule has 3 rings (SSSR count). The van der Waals surface area contributed by atoms with E-state index in [4.69, 9.17) is 20.8 Å². The van der Waals surface area contributed by atoms with Gasteiger partial charge in [0.25, 0.3) is 11.6 Å². The summed E-state index contributed by atoms with van der Waals surface area (Å²) in [5.41, 5.74) is 1.98. The Morgan fingerprint density at radius 1 is 1.26 bits per heavy atom. The van der Waals surface area contributed by atoms with Crippen molar-refractivity contribution in [2.24, 2.45) is 0 Å². The molecule has 0 saturated carbocycles. The molecule has 2 heterocycles. The van der Waals surface area contributed by atoms with Crippen molar-refractivity contribution in [1.29, 1.82) is 0 Å². The maximum absolute atomic E-state index is 12.2. The highest BCUT2D eigenvalue weighted by Crippen LogP contribution is 2.23. The van der Waals surface area contributed by atoms with Crippen molar-refractivity contribution in [3.8, 4) is 11.5 Å². The summed E-state index contributed by atoms with van der Waals surface area (Å²) in [5, 5.41) is 18.4. The summed E-state index contributed by atoms with van der Waals surface area (Å²) < 4.78 is 10.6. The van der Waals surface area contributed by atoms with Crippen LogP contribution in [0.4, 0.5) is 5.69 Å². The maximum Gasteiger partial charge on any atom is 0.342 e. The van der Waals surface area contributed by atoms with Crippen molar-refractivity contribution in [2.75, 3.05) is 0 Å². The highest BCUT2D eigenvalue weighted by molar-refractivity contribution is 6.32. The monoisotopic (exact) mass is 388 g/mol. The van der Waals surface area contributed by atoms with Crippen molar-refractivity contribution in [2.45, 2.75) is 20.5 Å². The molecule has 0 aliphatic carbocycles. The Bertz CT molecular complexity index is 993. The average molecular weight is 389 g/mol. The molecule has 0 bridgehead atoms. The molecular formula is C17H13ClN4O5. The van der Waals surface area contributed by atoms with Gasteiger partial charge in [0, 0.05) is 23.4 Å². The Morgan fingerprint density at radius 2 is 1.96 bits per heavy atom. The summed E-state index contributed by atoms with van der Waals surface area (Å²) in [5.74, 6) is -0.423. The number of ether oxygens (including phenoxy) is 1. The van der Waals surface area contributed by atoms with Crippen LogP contribution in [0.1, 0.15) is 27.5 Å². The number of nitrogens with zero attached hydrogens (tertiary/aromatic N) is 4. The van der Waals surface area contributed by atoms with Gasteiger partial charge < -0.3 is 9.15 Å². The quantitative estimate of drug-likeness (QED) is 0.281. The van der Waals surface area contributed by atoms with Gasteiger partial charge in [0.1, 0.15) is 5.15 Å². The van der Waals surface area contributed by atoms with Crippen molar-refractivity contribution in [1.82, 2.24) is 15.2 Å². The SMILES string of the molecule is Cc1cc(C)c(C(=O)OCc2nnc(-c3ccc([N+](=O)[O-])cc3)o2)c(Cl)n1. The Kier molecular flexibility index (Phi) is 5.13. The van der Waals surface area contributed by atoms with Crippen LogP contribution in [0.25, 0.3) is 11.5 Å². The van der Waals surface area contributed by atoms with Gasteiger partial charge in [-0.05, 0) is 37.6 Å². The second-order valence-electron chi connectivity index (χ2n) is 5.63. The number of esters is 1. The van der Waals surface area contributed by atoms with E-state index >= 15 is 0 Å². The summed E-state index contributed by atoms with van der Waals surface area (Å²) in [7, 11) is 0. The molecule has 0 aliphatic rings. The van der Waals surface area contributed by atoms with Crippen LogP contribution in [0.2, 0.25) is 5.15 Å². The number of pyridine rings is 1. The zero-order valence-corrected chi connectivity index (χ0v) is 15.1. The van der Waals surface area contributed by atoms with E-state index in [1.165, 1.54) is 24.3 Å². The minimum Gasteiger partial charge on any atom is -0.452 e. The number of carbonyl (C=O) groups is 1. The number of nitro groups is 1. The van der Waals surface area contributed by atoms with E-state index in [2.05, 4.69) is 15.2 Å². The number of aryl methyl sites for hydroxylation is 2. The average Bonchev–Trinajstić information content (AvgIpc) is 3.08. The molecule has 0 unspecified atom stereocenters. The van der Waals surface area contributed by atoms with E-state index in [9.17, 15) is 14.9 Å². The van der Waals surface area contributed by atoms with Gasteiger partial charge in [-0.3, -0.25) is 10.1 Å². The lowest BCUT2D eigenvalue weighted by atomic mass is 10.1. The number of rotatable bonds is 5. The molecule has 0 radical (unpaired) electrons. The molecule has 138 valence electrons. The first-order valence-electron chi connectivity index (χ1n) is 7.73. The largest absolute Gasteiger partial charge is 0.452 e. The first-order chi connectivity index (χ1) is 12.8. The van der Waals surface area contributed by atoms with Crippen molar-refractivity contribution in [3.63, 3.8) is 0 Å². The predicted octanol–water partition coefficient (Wildman–Crippen LogP) is 3.67. The number of nitro benzene ring substituents is 1. The molecule has 0 amide bonds. The summed E-state index contributed by atoms with van der Waals surface area (Å²) in [6, 6.07) is 7.36. The first-order valence-corrected chi connectivity index (χ1v) is 8.11. The van der Waals surface area contributed by atoms with Gasteiger partial charge in [-0.25, -0.2) is 9.78 Å². The fraction of sp³-hybridized carbons (Fsp3) is 0.176. The first kappa shape index (κ1) is 18.5. The Morgan fingerprint density at radius 3 is 2.59 bits per heavy atom. The summed E-state index contributed by atoms with van der Waals surface area (Å²) in [4.78, 5) is 26.5. The second-order valence-corrected chi connectivity index (χ2v) is 5.99. The standard InChI is InChI=1S/C17H13ClN4O5/c1-9-7-10(2)19-15(18)14(9)17(23)26-8-13-20-21-16(27-13)11-3-5-12(6-4-11)22(24)25/h3-7H,8H2,1-2H3. The van der Waals surface area contributed by atoms with Gasteiger partial charge >= 0.3 is 5.97 Å². The molecule has 0 saturated heterocycles. The molecule has 0 atom stereocenters. The van der Waals surface area contributed by atoms with E-state index in [-0.39, 0.29) is 34.8 Å². The number of non-ortho nitro benzene ring substituents is 1. The van der Waals surface area contributed by atoms with Crippen LogP contribution in [0.3, 0.4) is 0 Å². The third-order valence-electron chi connectivity index (χ3n) is 3.62. The van der Waals surface area contributed by atoms with Crippen LogP contribution < -0.4 is 0 Å². The van der Waals surface area contributed by atoms with E-state index in [0.29, 0.717) is 16.8 Å². The van der Waals surface area contributed by atoms with Crippen LogP contribution >= 0.6 is 11.6 Å². The van der Waals surface area contributed by atoms with Gasteiger partial charge in [-0.15, -0.1) is 10.2 Å². The van der Waals surface area contributed by atoms with Crippen LogP contribution in [0.5, 0.6) is 0 Å². The van der Waals surface area contributed by atoms with E-state index in [0.717, 1.165) is 0 Å². The van der Waals surface area contributed by atoms with Crippen molar-refractivity contribution >= 4 is 23.3 Å². The van der Waals surface area contributed by atoms with E-state index in [1.807, 2.05) is 0 Å². The molecule has 1 aromatic carbocycles. The van der Waals surface area contributed by atoms with Crippen LogP contribution in [0, 0.1) is 24.0 Å². The number of halogens is 1. The van der Waals surface area contributed by atoms with Crippen molar-refractivity contribution < 1.29 is 18.9 Å². The van der Waals surface area contributed by atoms with E-state index < -0.39 is 10.9 Å². The molecule has 0 aliphatic heterocycles. The molecule has 0 N–H and O–H groups in total. The fourth-order valence-electron chi connectivity index (χ4n) is 2.39. The third kappa shape index (κ3) is 4.09. The number of hydrogen-bond acceptors (Lipinski definition) is 8. The summed E-state index contributed by atoms with van der Waals surface area (Å²) >= 11 is 6.02. The van der Waals surface area contributed by atoms with Crippen molar-refractivity contribution in [3.05, 3.63) is 68.3 Å². The van der Waals surface area contributed by atoms with E-state index in [1.54, 1.807) is 19.9 Å². The van der Waals surface area contributed by atoms with Gasteiger partial charge in [-0.2, -0.15) is 0 Å². The molecule has 27 heavy (non-hydrogen) atoms. The van der Waals surface area contributed by atoms with Crippen LogP contribution in [-0.4, -0.2) is 26.1 Å². The van der Waals surface area contributed by atoms with Gasteiger partial charge in [-0.1, -0.05) is 11.6 Å². The maximum atomic E-state index is 12.2. The zero-order valence-electron chi connectivity index (χ0n) is 14.3. The number of hydrogen-bond donors (Lipinski definition) is 0. The lowest BCUT2D eigenvalue weighted by molar-refractivity contribution is -0.384. The molecule has 9 nitrogen and oxygen atoms in total. The highest BCUT2D eigenvalue weighted by atomic mass is 35.5. The van der Waals surface area contributed by atoms with Gasteiger partial charge in [0.05, 0.1) is 10.5 Å². The topological polar surface area (TPSA) is 121 Å². The second kappa shape index (κ2) is 7.50. The lowest BCUT2D eigenvalue weighted by Gasteiger charge is -2.07. The van der Waals surface area contributed by atoms with Gasteiger partial charge in [0.2, 0.25) is 5.89 Å². The fourth-order valence-corrected chi connectivity index (χ4v) is 2.75. The summed E-state index contributed by atoms with van der Waals surface area (Å²) in [6.07, 6.45) is 0. The van der Waals surface area contributed by atoms with Crippen LogP contribution in [-0.2, 0) is 11.3 Å². The number of benzene rings is 1. The number of carbonyl (C=O) groups excluding carboxylic acids is 1.